The van der Waals surface area contributed by atoms with Gasteiger partial charge < -0.3 is 9.15 Å². The summed E-state index contributed by atoms with van der Waals surface area (Å²) in [5.74, 6) is -0.400. The minimum Gasteiger partial charge on any atom is -0.465 e. The highest BCUT2D eigenvalue weighted by Gasteiger charge is 2.14. The lowest BCUT2D eigenvalue weighted by atomic mass is 10.0. The van der Waals surface area contributed by atoms with Crippen molar-refractivity contribution in [1.29, 1.82) is 0 Å². The average Bonchev–Trinajstić information content (AvgIpc) is 2.55. The Hall–Kier alpha value is -2.40. The quantitative estimate of drug-likeness (QED) is 0.513. The molecule has 0 aliphatic carbocycles. The second-order valence-corrected chi connectivity index (χ2v) is 5.44. The maximum Gasteiger partial charge on any atom is 0.351 e. The molecule has 0 N–H and O–H groups in total. The number of carbonyl (C=O) groups excluding carboxylic acids is 1. The lowest BCUT2D eigenvalue weighted by Gasteiger charge is -2.08. The summed E-state index contributed by atoms with van der Waals surface area (Å²) in [5, 5.41) is 0.819. The average molecular weight is 359 g/mol. The van der Waals surface area contributed by atoms with Gasteiger partial charge in [-0.15, -0.1) is 0 Å². The standard InChI is InChI=1S/C17H11BrO4/c1-21-16(19)11-8-6-10(7-9-11)14-12-4-2-3-5-13(12)22-17(20)15(14)18/h2-9H,1H3. The number of hydrogen-bond donors (Lipinski definition) is 0. The Labute approximate surface area is 134 Å². The van der Waals surface area contributed by atoms with Gasteiger partial charge in [-0.25, -0.2) is 9.59 Å². The Kier molecular flexibility index (Phi) is 3.81. The third kappa shape index (κ3) is 2.44. The first-order valence-electron chi connectivity index (χ1n) is 6.52. The number of esters is 1. The molecule has 0 aliphatic rings. The van der Waals surface area contributed by atoms with Gasteiger partial charge in [-0.3, -0.25) is 0 Å². The summed E-state index contributed by atoms with van der Waals surface area (Å²) < 4.78 is 10.3. The van der Waals surface area contributed by atoms with E-state index in [2.05, 4.69) is 20.7 Å². The van der Waals surface area contributed by atoms with Crippen LogP contribution >= 0.6 is 15.9 Å². The zero-order valence-electron chi connectivity index (χ0n) is 11.6. The summed E-state index contributed by atoms with van der Waals surface area (Å²) >= 11 is 3.30. The van der Waals surface area contributed by atoms with Gasteiger partial charge in [0.2, 0.25) is 0 Å². The van der Waals surface area contributed by atoms with E-state index in [0.29, 0.717) is 15.6 Å². The van der Waals surface area contributed by atoms with Crippen LogP contribution in [-0.2, 0) is 4.74 Å². The van der Waals surface area contributed by atoms with Gasteiger partial charge in [0, 0.05) is 10.9 Å². The van der Waals surface area contributed by atoms with Crippen molar-refractivity contribution in [2.75, 3.05) is 7.11 Å². The van der Waals surface area contributed by atoms with Crippen LogP contribution in [0.5, 0.6) is 0 Å². The molecule has 4 nitrogen and oxygen atoms in total. The van der Waals surface area contributed by atoms with Crippen LogP contribution in [0.2, 0.25) is 0 Å². The number of para-hydroxylation sites is 1. The summed E-state index contributed by atoms with van der Waals surface area (Å²) in [6.07, 6.45) is 0. The van der Waals surface area contributed by atoms with Crippen LogP contribution in [0, 0.1) is 0 Å². The van der Waals surface area contributed by atoms with Crippen LogP contribution in [-0.4, -0.2) is 13.1 Å². The fourth-order valence-corrected chi connectivity index (χ4v) is 2.82. The first-order chi connectivity index (χ1) is 10.6. The van der Waals surface area contributed by atoms with Crippen molar-refractivity contribution in [2.45, 2.75) is 0 Å². The molecule has 0 atom stereocenters. The largest absolute Gasteiger partial charge is 0.465 e. The fourth-order valence-electron chi connectivity index (χ4n) is 2.30. The van der Waals surface area contributed by atoms with Crippen molar-refractivity contribution in [3.63, 3.8) is 0 Å². The lowest BCUT2D eigenvalue weighted by molar-refractivity contribution is 0.0601. The topological polar surface area (TPSA) is 56.5 Å². The van der Waals surface area contributed by atoms with Gasteiger partial charge in [0.05, 0.1) is 12.7 Å². The third-order valence-corrected chi connectivity index (χ3v) is 4.07. The molecule has 0 saturated heterocycles. The van der Waals surface area contributed by atoms with E-state index >= 15 is 0 Å². The Morgan fingerprint density at radius 1 is 1.09 bits per heavy atom. The molecule has 5 heteroatoms. The van der Waals surface area contributed by atoms with Gasteiger partial charge in [-0.05, 0) is 39.7 Å². The van der Waals surface area contributed by atoms with Crippen molar-refractivity contribution in [2.24, 2.45) is 0 Å². The molecule has 2 aromatic carbocycles. The maximum atomic E-state index is 12.0. The molecule has 0 aliphatic heterocycles. The molecule has 0 fully saturated rings. The summed E-state index contributed by atoms with van der Waals surface area (Å²) in [6.45, 7) is 0. The van der Waals surface area contributed by atoms with E-state index in [1.807, 2.05) is 18.2 Å². The summed E-state index contributed by atoms with van der Waals surface area (Å²) in [7, 11) is 1.34. The van der Waals surface area contributed by atoms with E-state index in [-0.39, 0.29) is 0 Å². The molecule has 22 heavy (non-hydrogen) atoms. The maximum absolute atomic E-state index is 12.0. The Morgan fingerprint density at radius 3 is 2.45 bits per heavy atom. The van der Waals surface area contributed by atoms with Gasteiger partial charge in [-0.1, -0.05) is 30.3 Å². The van der Waals surface area contributed by atoms with Gasteiger partial charge >= 0.3 is 11.6 Å². The third-order valence-electron chi connectivity index (χ3n) is 3.35. The predicted molar refractivity (Wildman–Crippen MR) is 87.0 cm³/mol. The van der Waals surface area contributed by atoms with E-state index in [1.165, 1.54) is 7.11 Å². The van der Waals surface area contributed by atoms with Crippen molar-refractivity contribution >= 4 is 32.9 Å². The van der Waals surface area contributed by atoms with Crippen LogP contribution in [0.15, 0.2) is 62.2 Å². The highest BCUT2D eigenvalue weighted by molar-refractivity contribution is 9.10. The monoisotopic (exact) mass is 358 g/mol. The number of fused-ring (bicyclic) bond motifs is 1. The highest BCUT2D eigenvalue weighted by Crippen LogP contribution is 2.33. The molecule has 0 bridgehead atoms. The molecule has 3 aromatic rings. The van der Waals surface area contributed by atoms with Crippen molar-refractivity contribution in [3.8, 4) is 11.1 Å². The van der Waals surface area contributed by atoms with Crippen LogP contribution in [0.1, 0.15) is 10.4 Å². The fraction of sp³-hybridized carbons (Fsp3) is 0.0588. The van der Waals surface area contributed by atoms with E-state index in [4.69, 9.17) is 4.42 Å². The van der Waals surface area contributed by atoms with Crippen LogP contribution in [0.25, 0.3) is 22.1 Å². The number of methoxy groups -OCH3 is 1. The summed E-state index contributed by atoms with van der Waals surface area (Å²) in [6, 6.07) is 14.2. The van der Waals surface area contributed by atoms with Gasteiger partial charge in [0.15, 0.2) is 0 Å². The number of halogens is 1. The molecule has 1 aromatic heterocycles. The minimum atomic E-state index is -0.439. The first-order valence-corrected chi connectivity index (χ1v) is 7.31. The van der Waals surface area contributed by atoms with E-state index < -0.39 is 11.6 Å². The molecular weight excluding hydrogens is 348 g/mol. The Bertz CT molecular complexity index is 910. The molecule has 0 saturated carbocycles. The molecule has 0 spiro atoms. The smallest absolute Gasteiger partial charge is 0.351 e. The summed E-state index contributed by atoms with van der Waals surface area (Å²) in [5.41, 5.74) is 2.08. The SMILES string of the molecule is COC(=O)c1ccc(-c2c(Br)c(=O)oc3ccccc23)cc1. The highest BCUT2D eigenvalue weighted by atomic mass is 79.9. The normalized spacial score (nSPS) is 10.6. The van der Waals surface area contributed by atoms with E-state index in [1.54, 1.807) is 30.3 Å². The van der Waals surface area contributed by atoms with Crippen LogP contribution in [0.4, 0.5) is 0 Å². The molecular formula is C17H11BrO4. The summed E-state index contributed by atoms with van der Waals surface area (Å²) in [4.78, 5) is 23.5. The second-order valence-electron chi connectivity index (χ2n) is 4.64. The molecule has 0 amide bonds. The van der Waals surface area contributed by atoms with Gasteiger partial charge in [0.25, 0.3) is 0 Å². The van der Waals surface area contributed by atoms with Crippen LogP contribution < -0.4 is 5.63 Å². The number of ether oxygens (including phenoxy) is 1. The molecule has 1 heterocycles. The zero-order chi connectivity index (χ0) is 15.7. The van der Waals surface area contributed by atoms with E-state index in [9.17, 15) is 9.59 Å². The second kappa shape index (κ2) is 5.77. The van der Waals surface area contributed by atoms with Crippen LogP contribution in [0.3, 0.4) is 0 Å². The first kappa shape index (κ1) is 14.5. The van der Waals surface area contributed by atoms with Crippen molar-refractivity contribution < 1.29 is 13.9 Å². The van der Waals surface area contributed by atoms with E-state index in [0.717, 1.165) is 16.5 Å². The van der Waals surface area contributed by atoms with Crippen molar-refractivity contribution in [3.05, 3.63) is 69.0 Å². The predicted octanol–water partition coefficient (Wildman–Crippen LogP) is 4.01. The molecule has 0 radical (unpaired) electrons. The number of rotatable bonds is 2. The van der Waals surface area contributed by atoms with Gasteiger partial charge in [0.1, 0.15) is 10.1 Å². The Morgan fingerprint density at radius 2 is 1.77 bits per heavy atom. The minimum absolute atomic E-state index is 0.358. The Balaban J connectivity index is 2.23. The number of benzene rings is 2. The molecule has 3 rings (SSSR count). The number of carbonyl (C=O) groups is 1. The molecule has 110 valence electrons. The van der Waals surface area contributed by atoms with Gasteiger partial charge in [-0.2, -0.15) is 0 Å². The lowest BCUT2D eigenvalue weighted by Crippen LogP contribution is -2.03. The van der Waals surface area contributed by atoms with Crippen molar-refractivity contribution in [1.82, 2.24) is 0 Å². The molecule has 0 unspecified atom stereocenters. The number of hydrogen-bond acceptors (Lipinski definition) is 4. The zero-order valence-corrected chi connectivity index (χ0v) is 13.2.